The first-order valence-electron chi connectivity index (χ1n) is 9.17. The average Bonchev–Trinajstić information content (AvgIpc) is 2.80. The molecule has 8 nitrogen and oxygen atoms in total. The van der Waals surface area contributed by atoms with Gasteiger partial charge in [0.15, 0.2) is 11.5 Å². The van der Waals surface area contributed by atoms with E-state index in [0.717, 1.165) is 0 Å². The average molecular weight is 475 g/mol. The van der Waals surface area contributed by atoms with Crippen molar-refractivity contribution in [3.05, 3.63) is 82.9 Å². The second-order valence-corrected chi connectivity index (χ2v) is 8.43. The Morgan fingerprint density at radius 3 is 2.25 bits per heavy atom. The molecule has 1 N–H and O–H groups in total. The highest BCUT2D eigenvalue weighted by molar-refractivity contribution is 7.89. The van der Waals surface area contributed by atoms with E-state index in [4.69, 9.17) is 25.8 Å². The van der Waals surface area contributed by atoms with Crippen LogP contribution in [-0.4, -0.2) is 34.8 Å². The van der Waals surface area contributed by atoms with Gasteiger partial charge in [-0.3, -0.25) is 0 Å². The lowest BCUT2D eigenvalue weighted by atomic mass is 10.2. The number of carbonyl (C=O) groups excluding carboxylic acids is 1. The van der Waals surface area contributed by atoms with Crippen molar-refractivity contribution >= 4 is 33.8 Å². The van der Waals surface area contributed by atoms with Crippen molar-refractivity contribution in [1.29, 1.82) is 0 Å². The Morgan fingerprint density at radius 2 is 1.62 bits per heavy atom. The molecule has 0 fully saturated rings. The number of halogens is 1. The van der Waals surface area contributed by atoms with Crippen molar-refractivity contribution in [3.8, 4) is 17.2 Å². The summed E-state index contributed by atoms with van der Waals surface area (Å²) in [6.45, 7) is 0. The fourth-order valence-corrected chi connectivity index (χ4v) is 3.49. The predicted molar refractivity (Wildman–Crippen MR) is 120 cm³/mol. The molecule has 0 radical (unpaired) electrons. The molecule has 0 spiro atoms. The van der Waals surface area contributed by atoms with Gasteiger partial charge in [0, 0.05) is 5.02 Å². The van der Waals surface area contributed by atoms with Gasteiger partial charge in [-0.15, -0.1) is 0 Å². The number of hydrogen-bond acceptors (Lipinski definition) is 7. The number of ether oxygens (including phenoxy) is 3. The SMILES string of the molecule is COc1ccc(C(=O)Oc2ccc(C=NNS(=O)(=O)c3ccc(Cl)cc3)cc2OC)cc1. The van der Waals surface area contributed by atoms with Gasteiger partial charge < -0.3 is 14.2 Å². The van der Waals surface area contributed by atoms with Gasteiger partial charge in [-0.25, -0.2) is 9.63 Å². The minimum atomic E-state index is -3.84. The number of nitrogens with zero attached hydrogens (tertiary/aromatic N) is 1. The van der Waals surface area contributed by atoms with E-state index >= 15 is 0 Å². The molecular weight excluding hydrogens is 456 g/mol. The third-order valence-corrected chi connectivity index (χ3v) is 5.72. The molecule has 3 rings (SSSR count). The summed E-state index contributed by atoms with van der Waals surface area (Å²) < 4.78 is 40.2. The summed E-state index contributed by atoms with van der Waals surface area (Å²) in [6.07, 6.45) is 1.30. The lowest BCUT2D eigenvalue weighted by Gasteiger charge is -2.10. The normalized spacial score (nSPS) is 11.2. The second-order valence-electron chi connectivity index (χ2n) is 6.34. The van der Waals surface area contributed by atoms with Gasteiger partial charge in [0.05, 0.1) is 30.9 Å². The van der Waals surface area contributed by atoms with Crippen LogP contribution in [0, 0.1) is 0 Å². The zero-order valence-electron chi connectivity index (χ0n) is 17.1. The summed E-state index contributed by atoms with van der Waals surface area (Å²) in [7, 11) is -0.884. The van der Waals surface area contributed by atoms with Crippen molar-refractivity contribution in [2.45, 2.75) is 4.90 Å². The number of nitrogens with one attached hydrogen (secondary N) is 1. The molecule has 32 heavy (non-hydrogen) atoms. The van der Waals surface area contributed by atoms with Gasteiger partial charge >= 0.3 is 5.97 Å². The molecule has 0 unspecified atom stereocenters. The molecule has 10 heteroatoms. The molecule has 3 aromatic rings. The Hall–Kier alpha value is -3.56. The van der Waals surface area contributed by atoms with E-state index < -0.39 is 16.0 Å². The molecule has 0 atom stereocenters. The fraction of sp³-hybridized carbons (Fsp3) is 0.0909. The van der Waals surface area contributed by atoms with E-state index in [1.807, 2.05) is 0 Å². The highest BCUT2D eigenvalue weighted by Gasteiger charge is 2.14. The molecule has 0 aliphatic heterocycles. The Bertz CT molecular complexity index is 1230. The molecule has 0 aliphatic carbocycles. The number of hydrogen-bond donors (Lipinski definition) is 1. The number of benzene rings is 3. The maximum absolute atomic E-state index is 12.4. The number of hydrazone groups is 1. The molecule has 0 aromatic heterocycles. The van der Waals surface area contributed by atoms with Crippen LogP contribution in [0.5, 0.6) is 17.2 Å². The maximum Gasteiger partial charge on any atom is 0.343 e. The molecule has 0 saturated carbocycles. The quantitative estimate of drug-likeness (QED) is 0.230. The largest absolute Gasteiger partial charge is 0.497 e. The fourth-order valence-electron chi connectivity index (χ4n) is 2.57. The maximum atomic E-state index is 12.4. The van der Waals surface area contributed by atoms with E-state index in [-0.39, 0.29) is 16.4 Å². The Balaban J connectivity index is 1.70. The molecular formula is C22H19ClN2O6S. The Labute approximate surface area is 190 Å². The van der Waals surface area contributed by atoms with Crippen LogP contribution in [0.2, 0.25) is 5.02 Å². The number of esters is 1. The van der Waals surface area contributed by atoms with Crippen LogP contribution >= 0.6 is 11.6 Å². The van der Waals surface area contributed by atoms with Gasteiger partial charge in [0.2, 0.25) is 0 Å². The van der Waals surface area contributed by atoms with Crippen molar-refractivity contribution in [2.75, 3.05) is 14.2 Å². The number of rotatable bonds is 8. The first kappa shape index (κ1) is 23.1. The highest BCUT2D eigenvalue weighted by atomic mass is 35.5. The van der Waals surface area contributed by atoms with E-state index in [1.165, 1.54) is 50.8 Å². The van der Waals surface area contributed by atoms with Gasteiger partial charge in [0.25, 0.3) is 10.0 Å². The molecule has 0 heterocycles. The van der Waals surface area contributed by atoms with E-state index in [2.05, 4.69) is 9.93 Å². The number of carbonyl (C=O) groups is 1. The predicted octanol–water partition coefficient (Wildman–Crippen LogP) is 3.89. The Kier molecular flexibility index (Phi) is 7.34. The van der Waals surface area contributed by atoms with Crippen molar-refractivity contribution in [1.82, 2.24) is 4.83 Å². The first-order chi connectivity index (χ1) is 15.3. The summed E-state index contributed by atoms with van der Waals surface area (Å²) >= 11 is 5.77. The van der Waals surface area contributed by atoms with Gasteiger partial charge in [0.1, 0.15) is 5.75 Å². The monoisotopic (exact) mass is 474 g/mol. The van der Waals surface area contributed by atoms with Crippen LogP contribution in [0.15, 0.2) is 76.7 Å². The summed E-state index contributed by atoms with van der Waals surface area (Å²) in [6, 6.07) is 16.8. The summed E-state index contributed by atoms with van der Waals surface area (Å²) in [5, 5.41) is 4.19. The van der Waals surface area contributed by atoms with Crippen molar-refractivity contribution < 1.29 is 27.4 Å². The molecule has 0 saturated heterocycles. The minimum absolute atomic E-state index is 0.0254. The lowest BCUT2D eigenvalue weighted by Crippen LogP contribution is -2.18. The summed E-state index contributed by atoms with van der Waals surface area (Å²) in [5.41, 5.74) is 0.861. The van der Waals surface area contributed by atoms with Crippen molar-refractivity contribution in [3.63, 3.8) is 0 Å². The van der Waals surface area contributed by atoms with Gasteiger partial charge in [-0.05, 0) is 72.3 Å². The molecule has 0 amide bonds. The van der Waals surface area contributed by atoms with E-state index in [1.54, 1.807) is 36.4 Å². The number of sulfonamides is 1. The zero-order valence-corrected chi connectivity index (χ0v) is 18.7. The van der Waals surface area contributed by atoms with Crippen LogP contribution in [0.3, 0.4) is 0 Å². The summed E-state index contributed by atoms with van der Waals surface area (Å²) in [5.74, 6) is 0.529. The molecule has 3 aromatic carbocycles. The smallest absolute Gasteiger partial charge is 0.343 e. The van der Waals surface area contributed by atoms with Gasteiger partial charge in [-0.2, -0.15) is 13.5 Å². The van der Waals surface area contributed by atoms with Crippen LogP contribution in [0.4, 0.5) is 0 Å². The topological polar surface area (TPSA) is 103 Å². The van der Waals surface area contributed by atoms with Crippen LogP contribution in [0.1, 0.15) is 15.9 Å². The van der Waals surface area contributed by atoms with E-state index in [0.29, 0.717) is 21.9 Å². The zero-order chi connectivity index (χ0) is 23.1. The lowest BCUT2D eigenvalue weighted by molar-refractivity contribution is 0.0729. The molecule has 0 bridgehead atoms. The molecule has 0 aliphatic rings. The minimum Gasteiger partial charge on any atom is -0.497 e. The van der Waals surface area contributed by atoms with Crippen LogP contribution < -0.4 is 19.0 Å². The van der Waals surface area contributed by atoms with Gasteiger partial charge in [-0.1, -0.05) is 11.6 Å². The standard InChI is InChI=1S/C22H19ClN2O6S/c1-29-18-8-4-16(5-9-18)22(26)31-20-12-3-15(13-21(20)30-2)14-24-25-32(27,28)19-10-6-17(23)7-11-19/h3-14,25H,1-2H3. The highest BCUT2D eigenvalue weighted by Crippen LogP contribution is 2.28. The Morgan fingerprint density at radius 1 is 0.938 bits per heavy atom. The third-order valence-electron chi connectivity index (χ3n) is 4.23. The van der Waals surface area contributed by atoms with Crippen LogP contribution in [-0.2, 0) is 10.0 Å². The van der Waals surface area contributed by atoms with E-state index in [9.17, 15) is 13.2 Å². The number of methoxy groups -OCH3 is 2. The van der Waals surface area contributed by atoms with Crippen LogP contribution in [0.25, 0.3) is 0 Å². The first-order valence-corrected chi connectivity index (χ1v) is 11.0. The third kappa shape index (κ3) is 5.77. The van der Waals surface area contributed by atoms with Crippen molar-refractivity contribution in [2.24, 2.45) is 5.10 Å². The summed E-state index contributed by atoms with van der Waals surface area (Å²) in [4.78, 5) is 14.5. The molecule has 166 valence electrons. The second kappa shape index (κ2) is 10.2.